The van der Waals surface area contributed by atoms with Gasteiger partial charge in [-0.1, -0.05) is 13.3 Å². The minimum Gasteiger partial charge on any atom is -0.387 e. The van der Waals surface area contributed by atoms with Crippen LogP contribution in [0.25, 0.3) is 0 Å². The number of unbranched alkanes of at least 4 members (excludes halogenated alkanes) is 1. The number of rotatable bonds is 7. The summed E-state index contributed by atoms with van der Waals surface area (Å²) in [5.41, 5.74) is -0.248. The van der Waals surface area contributed by atoms with E-state index >= 15 is 0 Å². The Morgan fingerprint density at radius 1 is 1.35 bits per heavy atom. The van der Waals surface area contributed by atoms with Crippen LogP contribution in [0, 0.1) is 11.6 Å². The van der Waals surface area contributed by atoms with E-state index in [1.165, 1.54) is 7.05 Å². The van der Waals surface area contributed by atoms with Gasteiger partial charge in [0.2, 0.25) is 10.0 Å². The number of sulfonamides is 1. The van der Waals surface area contributed by atoms with E-state index in [1.54, 1.807) is 0 Å². The molecule has 0 aliphatic heterocycles. The Morgan fingerprint density at radius 3 is 2.60 bits per heavy atom. The van der Waals surface area contributed by atoms with E-state index in [-0.39, 0.29) is 17.9 Å². The Hall–Kier alpha value is -1.05. The number of hydrogen-bond acceptors (Lipinski definition) is 3. The van der Waals surface area contributed by atoms with Crippen molar-refractivity contribution in [3.8, 4) is 0 Å². The third kappa shape index (κ3) is 4.50. The first-order valence-electron chi connectivity index (χ1n) is 6.35. The van der Waals surface area contributed by atoms with Gasteiger partial charge in [0.15, 0.2) is 0 Å². The van der Waals surface area contributed by atoms with Gasteiger partial charge in [-0.25, -0.2) is 21.5 Å². The number of nitrogens with zero attached hydrogens (tertiary/aromatic N) is 1. The van der Waals surface area contributed by atoms with Crippen molar-refractivity contribution >= 4 is 10.0 Å². The molecule has 20 heavy (non-hydrogen) atoms. The van der Waals surface area contributed by atoms with Gasteiger partial charge in [-0.05, 0) is 24.6 Å². The highest BCUT2D eigenvalue weighted by Gasteiger charge is 2.22. The summed E-state index contributed by atoms with van der Waals surface area (Å²) in [6.45, 7) is 1.55. The molecule has 0 aromatic heterocycles. The van der Waals surface area contributed by atoms with Crippen molar-refractivity contribution in [2.45, 2.75) is 25.9 Å². The second kappa shape index (κ2) is 7.10. The van der Waals surface area contributed by atoms with Gasteiger partial charge in [-0.15, -0.1) is 0 Å². The molecule has 7 heteroatoms. The van der Waals surface area contributed by atoms with Crippen molar-refractivity contribution in [1.29, 1.82) is 0 Å². The number of aliphatic hydroxyl groups excluding tert-OH is 1. The number of hydrogen-bond donors (Lipinski definition) is 1. The highest BCUT2D eigenvalue weighted by molar-refractivity contribution is 7.89. The van der Waals surface area contributed by atoms with E-state index in [0.717, 1.165) is 28.9 Å². The Balaban J connectivity index is 2.79. The van der Waals surface area contributed by atoms with E-state index in [1.807, 2.05) is 6.92 Å². The summed E-state index contributed by atoms with van der Waals surface area (Å²) in [5.74, 6) is -1.48. The predicted molar refractivity (Wildman–Crippen MR) is 72.6 cm³/mol. The molecule has 1 atom stereocenters. The molecule has 1 aromatic carbocycles. The van der Waals surface area contributed by atoms with Crippen LogP contribution in [-0.4, -0.2) is 37.2 Å². The molecule has 0 aliphatic rings. The smallest absolute Gasteiger partial charge is 0.213 e. The maximum atomic E-state index is 13.5. The lowest BCUT2D eigenvalue weighted by molar-refractivity contribution is 0.150. The molecule has 0 saturated heterocycles. The zero-order valence-corrected chi connectivity index (χ0v) is 12.3. The SMILES string of the molecule is CCCCS(=O)(=O)N(C)CC(O)c1cc(F)ccc1F. The van der Waals surface area contributed by atoms with Gasteiger partial charge in [0.05, 0.1) is 11.9 Å². The Morgan fingerprint density at radius 2 is 2.00 bits per heavy atom. The molecule has 1 unspecified atom stereocenters. The first-order valence-corrected chi connectivity index (χ1v) is 7.96. The molecule has 1 rings (SSSR count). The fourth-order valence-electron chi connectivity index (χ4n) is 1.71. The molecule has 0 amide bonds. The molecular formula is C13H19F2NO3S. The molecule has 0 fully saturated rings. The molecule has 0 radical (unpaired) electrons. The van der Waals surface area contributed by atoms with Crippen LogP contribution in [0.1, 0.15) is 31.4 Å². The van der Waals surface area contributed by atoms with E-state index < -0.39 is 27.8 Å². The monoisotopic (exact) mass is 307 g/mol. The van der Waals surface area contributed by atoms with Gasteiger partial charge in [-0.3, -0.25) is 0 Å². The van der Waals surface area contributed by atoms with E-state index in [9.17, 15) is 22.3 Å². The second-order valence-corrected chi connectivity index (χ2v) is 6.83. The highest BCUT2D eigenvalue weighted by atomic mass is 32.2. The van der Waals surface area contributed by atoms with Crippen molar-refractivity contribution in [1.82, 2.24) is 4.31 Å². The van der Waals surface area contributed by atoms with Gasteiger partial charge < -0.3 is 5.11 Å². The van der Waals surface area contributed by atoms with Crippen molar-refractivity contribution < 1.29 is 22.3 Å². The lowest BCUT2D eigenvalue weighted by atomic mass is 10.1. The third-order valence-corrected chi connectivity index (χ3v) is 4.88. The first kappa shape index (κ1) is 17.0. The molecule has 0 bridgehead atoms. The van der Waals surface area contributed by atoms with Gasteiger partial charge in [0.1, 0.15) is 11.6 Å². The van der Waals surface area contributed by atoms with Crippen LogP contribution in [0.5, 0.6) is 0 Å². The minimum absolute atomic E-state index is 0.0294. The van der Waals surface area contributed by atoms with Gasteiger partial charge in [0, 0.05) is 19.2 Å². The average molecular weight is 307 g/mol. The molecule has 114 valence electrons. The van der Waals surface area contributed by atoms with E-state index in [0.29, 0.717) is 6.42 Å². The summed E-state index contributed by atoms with van der Waals surface area (Å²) in [5, 5.41) is 9.87. The predicted octanol–water partition coefficient (Wildman–Crippen LogP) is 2.06. The zero-order valence-electron chi connectivity index (χ0n) is 11.5. The van der Waals surface area contributed by atoms with E-state index in [4.69, 9.17) is 0 Å². The van der Waals surface area contributed by atoms with Crippen molar-refractivity contribution in [3.05, 3.63) is 35.4 Å². The molecule has 0 saturated carbocycles. The Bertz CT molecular complexity index is 549. The molecule has 0 heterocycles. The number of benzene rings is 1. The summed E-state index contributed by atoms with van der Waals surface area (Å²) in [6, 6.07) is 2.71. The quantitative estimate of drug-likeness (QED) is 0.839. The molecule has 1 aromatic rings. The van der Waals surface area contributed by atoms with Crippen LogP contribution in [0.15, 0.2) is 18.2 Å². The van der Waals surface area contributed by atoms with Crippen molar-refractivity contribution in [3.63, 3.8) is 0 Å². The van der Waals surface area contributed by atoms with Crippen molar-refractivity contribution in [2.75, 3.05) is 19.3 Å². The highest BCUT2D eigenvalue weighted by Crippen LogP contribution is 2.20. The summed E-state index contributed by atoms with van der Waals surface area (Å²) in [7, 11) is -2.18. The summed E-state index contributed by atoms with van der Waals surface area (Å²) in [6.07, 6.45) is -0.169. The van der Waals surface area contributed by atoms with Crippen LogP contribution in [0.2, 0.25) is 0 Å². The van der Waals surface area contributed by atoms with Crippen molar-refractivity contribution in [2.24, 2.45) is 0 Å². The number of halogens is 2. The van der Waals surface area contributed by atoms with Crippen LogP contribution < -0.4 is 0 Å². The molecular weight excluding hydrogens is 288 g/mol. The molecule has 0 aliphatic carbocycles. The van der Waals surface area contributed by atoms with Crippen LogP contribution in [0.4, 0.5) is 8.78 Å². The minimum atomic E-state index is -3.49. The summed E-state index contributed by atoms with van der Waals surface area (Å²) < 4.78 is 51.2. The Kier molecular flexibility index (Phi) is 6.04. The molecule has 0 spiro atoms. The normalized spacial score (nSPS) is 13.7. The maximum Gasteiger partial charge on any atom is 0.213 e. The standard InChI is InChI=1S/C13H19F2NO3S/c1-3-4-7-20(18,19)16(2)9-13(17)11-8-10(14)5-6-12(11)15/h5-6,8,13,17H,3-4,7,9H2,1-2H3. The average Bonchev–Trinajstić information content (AvgIpc) is 2.39. The molecule has 4 nitrogen and oxygen atoms in total. The summed E-state index contributed by atoms with van der Waals surface area (Å²) in [4.78, 5) is 0. The lowest BCUT2D eigenvalue weighted by Crippen LogP contribution is -2.33. The van der Waals surface area contributed by atoms with Crippen LogP contribution in [0.3, 0.4) is 0 Å². The fraction of sp³-hybridized carbons (Fsp3) is 0.538. The van der Waals surface area contributed by atoms with Crippen LogP contribution in [-0.2, 0) is 10.0 Å². The third-order valence-electron chi connectivity index (χ3n) is 2.98. The second-order valence-electron chi connectivity index (χ2n) is 4.63. The van der Waals surface area contributed by atoms with Gasteiger partial charge in [-0.2, -0.15) is 0 Å². The van der Waals surface area contributed by atoms with Crippen LogP contribution >= 0.6 is 0 Å². The Labute approximate surface area is 118 Å². The summed E-state index contributed by atoms with van der Waals surface area (Å²) >= 11 is 0. The number of aliphatic hydroxyl groups is 1. The topological polar surface area (TPSA) is 57.6 Å². The van der Waals surface area contributed by atoms with Gasteiger partial charge >= 0.3 is 0 Å². The fourth-order valence-corrected chi connectivity index (χ4v) is 3.04. The number of likely N-dealkylation sites (N-methyl/N-ethyl adjacent to an activating group) is 1. The van der Waals surface area contributed by atoms with E-state index in [2.05, 4.69) is 0 Å². The maximum absolute atomic E-state index is 13.5. The lowest BCUT2D eigenvalue weighted by Gasteiger charge is -2.21. The molecule has 1 N–H and O–H groups in total. The van der Waals surface area contributed by atoms with Gasteiger partial charge in [0.25, 0.3) is 0 Å². The first-order chi connectivity index (χ1) is 9.27. The largest absolute Gasteiger partial charge is 0.387 e. The zero-order chi connectivity index (χ0) is 15.3.